The largest absolute Gasteiger partial charge is 0.357 e. The summed E-state index contributed by atoms with van der Waals surface area (Å²) in [6, 6.07) is 12.3. The average Bonchev–Trinajstić information content (AvgIpc) is 2.78. The van der Waals surface area contributed by atoms with Gasteiger partial charge in [0.15, 0.2) is 6.04 Å². The van der Waals surface area contributed by atoms with Crippen molar-refractivity contribution in [3.63, 3.8) is 0 Å². The molecular weight excluding hydrogens is 410 g/mol. The maximum absolute atomic E-state index is 12.7. The van der Waals surface area contributed by atoms with Gasteiger partial charge in [0.25, 0.3) is 24.1 Å². The van der Waals surface area contributed by atoms with Crippen LogP contribution in [-0.4, -0.2) is 60.9 Å². The highest BCUT2D eigenvalue weighted by atomic mass is 19.3. The number of carbonyl (C=O) groups excluding carboxylic acids is 3. The monoisotopic (exact) mass is 434 g/mol. The molecule has 10 heteroatoms. The molecule has 0 radical (unpaired) electrons. The molecule has 166 valence electrons. The van der Waals surface area contributed by atoms with Crippen LogP contribution in [0.3, 0.4) is 0 Å². The van der Waals surface area contributed by atoms with Gasteiger partial charge in [0.2, 0.25) is 0 Å². The lowest BCUT2D eigenvalue weighted by molar-refractivity contribution is -0.140. The maximum Gasteiger partial charge on any atom is 0.275 e. The highest BCUT2D eigenvalue weighted by Gasteiger charge is 2.33. The van der Waals surface area contributed by atoms with Crippen molar-refractivity contribution in [1.82, 2.24) is 21.0 Å². The molecular formula is C21H24F2N4O4. The Morgan fingerprint density at radius 2 is 1.52 bits per heavy atom. The summed E-state index contributed by atoms with van der Waals surface area (Å²) in [6.07, 6.45) is -2.40. The van der Waals surface area contributed by atoms with Crippen LogP contribution in [0.15, 0.2) is 48.5 Å². The van der Waals surface area contributed by atoms with Gasteiger partial charge in [-0.1, -0.05) is 36.4 Å². The second-order valence-corrected chi connectivity index (χ2v) is 6.71. The lowest BCUT2D eigenvalue weighted by Crippen LogP contribution is -2.54. The number of hydrogen-bond donors (Lipinski definition) is 4. The van der Waals surface area contributed by atoms with Crippen molar-refractivity contribution in [2.45, 2.75) is 19.0 Å². The van der Waals surface area contributed by atoms with Gasteiger partial charge in [-0.3, -0.25) is 19.6 Å². The van der Waals surface area contributed by atoms with Crippen LogP contribution in [0, 0.1) is 0 Å². The maximum atomic E-state index is 12.7. The van der Waals surface area contributed by atoms with E-state index >= 15 is 0 Å². The molecule has 0 saturated heterocycles. The van der Waals surface area contributed by atoms with Crippen molar-refractivity contribution < 1.29 is 28.4 Å². The quantitative estimate of drug-likeness (QED) is 0.271. The van der Waals surface area contributed by atoms with E-state index in [1.807, 2.05) is 24.3 Å². The van der Waals surface area contributed by atoms with E-state index < -0.39 is 30.2 Å². The van der Waals surface area contributed by atoms with Crippen molar-refractivity contribution in [1.29, 1.82) is 0 Å². The summed E-state index contributed by atoms with van der Waals surface area (Å²) in [4.78, 5) is 37.4. The van der Waals surface area contributed by atoms with Crippen LogP contribution in [0.25, 0.3) is 11.1 Å². The van der Waals surface area contributed by atoms with Gasteiger partial charge in [-0.15, -0.1) is 0 Å². The fourth-order valence-electron chi connectivity index (χ4n) is 2.94. The second-order valence-electron chi connectivity index (χ2n) is 6.71. The Kier molecular flexibility index (Phi) is 8.59. The molecule has 0 bridgehead atoms. The summed E-state index contributed by atoms with van der Waals surface area (Å²) in [5, 5.41) is 13.8. The summed E-state index contributed by atoms with van der Waals surface area (Å²) in [5.74, 6) is -2.36. The first kappa shape index (κ1) is 23.9. The molecule has 4 N–H and O–H groups in total. The molecule has 31 heavy (non-hydrogen) atoms. The van der Waals surface area contributed by atoms with Crippen LogP contribution >= 0.6 is 0 Å². The number of amides is 3. The minimum atomic E-state index is -2.40. The molecule has 3 amide bonds. The molecule has 0 heterocycles. The first-order valence-electron chi connectivity index (χ1n) is 9.39. The van der Waals surface area contributed by atoms with E-state index in [0.717, 1.165) is 21.6 Å². The van der Waals surface area contributed by atoms with Gasteiger partial charge >= 0.3 is 0 Å². The molecule has 0 aromatic heterocycles. The van der Waals surface area contributed by atoms with Crippen LogP contribution in [-0.2, 0) is 16.1 Å². The third-order valence-electron chi connectivity index (χ3n) is 4.61. The number of hydroxylamine groups is 1. The van der Waals surface area contributed by atoms with E-state index in [-0.39, 0.29) is 12.1 Å². The van der Waals surface area contributed by atoms with Crippen LogP contribution in [0.4, 0.5) is 8.78 Å². The molecule has 8 nitrogen and oxygen atoms in total. The molecule has 2 aromatic rings. The zero-order valence-corrected chi connectivity index (χ0v) is 17.1. The Bertz CT molecular complexity index is 889. The number of rotatable bonds is 9. The van der Waals surface area contributed by atoms with E-state index in [9.17, 15) is 23.2 Å². The van der Waals surface area contributed by atoms with E-state index in [1.54, 1.807) is 24.3 Å². The SMILES string of the molecule is CNC(=O)C(C(=O)NO)N(C)C(=O)c1ccc(-c2ccc(CNCC(F)F)cc2)cc1. The van der Waals surface area contributed by atoms with Crippen molar-refractivity contribution in [2.75, 3.05) is 20.6 Å². The first-order chi connectivity index (χ1) is 14.8. The molecule has 0 saturated carbocycles. The van der Waals surface area contributed by atoms with E-state index in [1.165, 1.54) is 19.6 Å². The second kappa shape index (κ2) is 11.1. The minimum Gasteiger partial charge on any atom is -0.357 e. The molecule has 0 aliphatic heterocycles. The molecule has 2 rings (SSSR count). The minimum absolute atomic E-state index is 0.249. The number of benzene rings is 2. The molecule has 2 aromatic carbocycles. The average molecular weight is 434 g/mol. The van der Waals surface area contributed by atoms with Gasteiger partial charge in [-0.05, 0) is 28.8 Å². The summed E-state index contributed by atoms with van der Waals surface area (Å²) in [5.41, 5.74) is 4.19. The van der Waals surface area contributed by atoms with Crippen molar-refractivity contribution >= 4 is 17.7 Å². The van der Waals surface area contributed by atoms with Crippen LogP contribution < -0.4 is 16.1 Å². The summed E-state index contributed by atoms with van der Waals surface area (Å²) < 4.78 is 24.4. The van der Waals surface area contributed by atoms with Crippen LogP contribution in [0.5, 0.6) is 0 Å². The molecule has 0 fully saturated rings. The molecule has 0 spiro atoms. The van der Waals surface area contributed by atoms with Gasteiger partial charge in [0.05, 0.1) is 6.54 Å². The Hall–Kier alpha value is -3.37. The van der Waals surface area contributed by atoms with Crippen molar-refractivity contribution in [3.05, 3.63) is 59.7 Å². The van der Waals surface area contributed by atoms with Crippen molar-refractivity contribution in [2.24, 2.45) is 0 Å². The van der Waals surface area contributed by atoms with E-state index in [0.29, 0.717) is 6.54 Å². The fourth-order valence-corrected chi connectivity index (χ4v) is 2.94. The highest BCUT2D eigenvalue weighted by molar-refractivity contribution is 6.08. The van der Waals surface area contributed by atoms with Gasteiger partial charge in [-0.25, -0.2) is 14.3 Å². The fraction of sp³-hybridized carbons (Fsp3) is 0.286. The predicted molar refractivity (Wildman–Crippen MR) is 109 cm³/mol. The van der Waals surface area contributed by atoms with Gasteiger partial charge in [-0.2, -0.15) is 0 Å². The Morgan fingerprint density at radius 3 is 2.00 bits per heavy atom. The number of carbonyl (C=O) groups is 3. The van der Waals surface area contributed by atoms with Crippen LogP contribution in [0.2, 0.25) is 0 Å². The third-order valence-corrected chi connectivity index (χ3v) is 4.61. The number of alkyl halides is 2. The molecule has 1 unspecified atom stereocenters. The Morgan fingerprint density at radius 1 is 0.968 bits per heavy atom. The van der Waals surface area contributed by atoms with Gasteiger partial charge in [0, 0.05) is 26.2 Å². The summed E-state index contributed by atoms with van der Waals surface area (Å²) in [6.45, 7) is -0.0370. The first-order valence-corrected chi connectivity index (χ1v) is 9.39. The topological polar surface area (TPSA) is 111 Å². The zero-order chi connectivity index (χ0) is 23.0. The molecule has 1 atom stereocenters. The van der Waals surface area contributed by atoms with Gasteiger partial charge in [0.1, 0.15) is 0 Å². The number of likely N-dealkylation sites (N-methyl/N-ethyl adjacent to an activating group) is 2. The highest BCUT2D eigenvalue weighted by Crippen LogP contribution is 2.21. The molecule has 0 aliphatic rings. The predicted octanol–water partition coefficient (Wildman–Crippen LogP) is 1.40. The number of hydrogen-bond acceptors (Lipinski definition) is 5. The zero-order valence-electron chi connectivity index (χ0n) is 17.1. The van der Waals surface area contributed by atoms with Crippen molar-refractivity contribution in [3.8, 4) is 11.1 Å². The lowest BCUT2D eigenvalue weighted by atomic mass is 10.0. The Balaban J connectivity index is 2.10. The standard InChI is InChI=1S/C21H24F2N4O4/c1-24-19(28)18(20(29)26-31)27(2)21(30)16-9-7-15(8-10-16)14-5-3-13(4-6-14)11-25-12-17(22)23/h3-10,17-18,25,31H,11-12H2,1-2H3,(H,24,28)(H,26,29). The number of halogens is 2. The normalized spacial score (nSPS) is 11.7. The summed E-state index contributed by atoms with van der Waals surface area (Å²) in [7, 11) is 2.60. The van der Waals surface area contributed by atoms with Crippen LogP contribution in [0.1, 0.15) is 15.9 Å². The summed E-state index contributed by atoms with van der Waals surface area (Å²) >= 11 is 0. The molecule has 0 aliphatic carbocycles. The van der Waals surface area contributed by atoms with E-state index in [4.69, 9.17) is 5.21 Å². The lowest BCUT2D eigenvalue weighted by Gasteiger charge is -2.25. The smallest absolute Gasteiger partial charge is 0.275 e. The number of nitrogens with zero attached hydrogens (tertiary/aromatic N) is 1. The Labute approximate surface area is 178 Å². The number of nitrogens with one attached hydrogen (secondary N) is 3. The third kappa shape index (κ3) is 6.30. The van der Waals surface area contributed by atoms with Gasteiger partial charge < -0.3 is 15.5 Å². The van der Waals surface area contributed by atoms with E-state index in [2.05, 4.69) is 10.6 Å².